The fourth-order valence-electron chi connectivity index (χ4n) is 1.51. The Hall–Kier alpha value is -1.47. The van der Waals surface area contributed by atoms with Gasteiger partial charge in [0.2, 0.25) is 0 Å². The van der Waals surface area contributed by atoms with Crippen LogP contribution in [0.2, 0.25) is 0 Å². The van der Waals surface area contributed by atoms with E-state index in [2.05, 4.69) is 37.9 Å². The van der Waals surface area contributed by atoms with Crippen LogP contribution in [0.1, 0.15) is 9.88 Å². The van der Waals surface area contributed by atoms with Gasteiger partial charge in [-0.3, -0.25) is 4.79 Å². The molecule has 0 radical (unpaired) electrons. The van der Waals surface area contributed by atoms with Crippen molar-refractivity contribution in [2.24, 2.45) is 0 Å². The molecular weight excluding hydrogens is 328 g/mol. The standard InChI is InChI=1S/C12H13BrN4OS/c1-3-4-17-12(18)11(13)10(7-16-17)15-6-9-5-14-8(2)19-9/h3,5,7,15H,1,4,6H2,2H3. The Morgan fingerprint density at radius 3 is 3.00 bits per heavy atom. The van der Waals surface area contributed by atoms with Crippen molar-refractivity contribution in [3.8, 4) is 0 Å². The lowest BCUT2D eigenvalue weighted by Crippen LogP contribution is -2.23. The summed E-state index contributed by atoms with van der Waals surface area (Å²) in [5.41, 5.74) is 0.502. The summed E-state index contributed by atoms with van der Waals surface area (Å²) in [6, 6.07) is 0. The molecule has 0 spiro atoms. The third-order valence-electron chi connectivity index (χ3n) is 2.41. The summed E-state index contributed by atoms with van der Waals surface area (Å²) in [6.07, 6.45) is 5.09. The SMILES string of the molecule is C=CCn1ncc(NCc2cnc(C)s2)c(Br)c1=O. The number of aryl methyl sites for hydroxylation is 1. The van der Waals surface area contributed by atoms with Crippen molar-refractivity contribution < 1.29 is 0 Å². The molecule has 5 nitrogen and oxygen atoms in total. The lowest BCUT2D eigenvalue weighted by atomic mass is 10.4. The van der Waals surface area contributed by atoms with Crippen molar-refractivity contribution in [3.63, 3.8) is 0 Å². The molecular formula is C12H13BrN4OS. The molecule has 2 rings (SSSR count). The summed E-state index contributed by atoms with van der Waals surface area (Å²) in [5, 5.41) is 8.27. The molecule has 0 aliphatic carbocycles. The highest BCUT2D eigenvalue weighted by atomic mass is 79.9. The number of thiazole rings is 1. The Morgan fingerprint density at radius 1 is 1.58 bits per heavy atom. The van der Waals surface area contributed by atoms with Crippen molar-refractivity contribution in [2.45, 2.75) is 20.0 Å². The summed E-state index contributed by atoms with van der Waals surface area (Å²) < 4.78 is 1.82. The Morgan fingerprint density at radius 2 is 2.37 bits per heavy atom. The minimum absolute atomic E-state index is 0.176. The van der Waals surface area contributed by atoms with Crippen LogP contribution >= 0.6 is 27.3 Å². The molecule has 0 saturated heterocycles. The molecule has 1 N–H and O–H groups in total. The molecule has 0 amide bonds. The first-order valence-electron chi connectivity index (χ1n) is 5.63. The minimum atomic E-state index is -0.176. The van der Waals surface area contributed by atoms with E-state index in [1.165, 1.54) is 4.68 Å². The van der Waals surface area contributed by atoms with Gasteiger partial charge in [-0.25, -0.2) is 9.67 Å². The van der Waals surface area contributed by atoms with Gasteiger partial charge in [0.15, 0.2) is 0 Å². The lowest BCUT2D eigenvalue weighted by Gasteiger charge is -2.08. The summed E-state index contributed by atoms with van der Waals surface area (Å²) >= 11 is 4.92. The highest BCUT2D eigenvalue weighted by Crippen LogP contribution is 2.19. The van der Waals surface area contributed by atoms with Gasteiger partial charge in [-0.1, -0.05) is 6.08 Å². The van der Waals surface area contributed by atoms with Gasteiger partial charge in [-0.15, -0.1) is 17.9 Å². The topological polar surface area (TPSA) is 59.8 Å². The van der Waals surface area contributed by atoms with E-state index in [-0.39, 0.29) is 5.56 Å². The van der Waals surface area contributed by atoms with E-state index in [0.717, 1.165) is 9.88 Å². The van der Waals surface area contributed by atoms with Crippen LogP contribution in [0, 0.1) is 6.92 Å². The number of hydrogen-bond donors (Lipinski definition) is 1. The Bertz CT molecular complexity index is 649. The van der Waals surface area contributed by atoms with E-state index in [4.69, 9.17) is 0 Å². The first-order chi connectivity index (χ1) is 9.11. The van der Waals surface area contributed by atoms with Crippen LogP contribution in [0.4, 0.5) is 5.69 Å². The molecule has 2 heterocycles. The maximum Gasteiger partial charge on any atom is 0.283 e. The van der Waals surface area contributed by atoms with Crippen molar-refractivity contribution in [1.82, 2.24) is 14.8 Å². The van der Waals surface area contributed by atoms with Crippen LogP contribution in [-0.4, -0.2) is 14.8 Å². The summed E-state index contributed by atoms with van der Waals surface area (Å²) in [6.45, 7) is 6.57. The van der Waals surface area contributed by atoms with Gasteiger partial charge in [0.25, 0.3) is 5.56 Å². The van der Waals surface area contributed by atoms with Gasteiger partial charge in [0.05, 0.1) is 30.0 Å². The van der Waals surface area contributed by atoms with Gasteiger partial charge in [0.1, 0.15) is 4.47 Å². The quantitative estimate of drug-likeness (QED) is 0.850. The van der Waals surface area contributed by atoms with Crippen molar-refractivity contribution >= 4 is 33.0 Å². The summed E-state index contributed by atoms with van der Waals surface area (Å²) in [7, 11) is 0. The maximum absolute atomic E-state index is 12.0. The van der Waals surface area contributed by atoms with Gasteiger partial charge in [0, 0.05) is 11.1 Å². The predicted octanol–water partition coefficient (Wildman–Crippen LogP) is 2.57. The second kappa shape index (κ2) is 6.12. The average molecular weight is 341 g/mol. The molecule has 0 aliphatic heterocycles. The van der Waals surface area contributed by atoms with Crippen LogP contribution < -0.4 is 10.9 Å². The first-order valence-corrected chi connectivity index (χ1v) is 7.24. The van der Waals surface area contributed by atoms with E-state index < -0.39 is 0 Å². The van der Waals surface area contributed by atoms with Crippen molar-refractivity contribution in [2.75, 3.05) is 5.32 Å². The van der Waals surface area contributed by atoms with Crippen LogP contribution in [0.15, 0.2) is 34.3 Å². The molecule has 19 heavy (non-hydrogen) atoms. The van der Waals surface area contributed by atoms with Crippen LogP contribution in [0.25, 0.3) is 0 Å². The third kappa shape index (κ3) is 3.30. The number of allylic oxidation sites excluding steroid dienone is 1. The molecule has 0 aromatic carbocycles. The van der Waals surface area contributed by atoms with Gasteiger partial charge in [-0.2, -0.15) is 5.10 Å². The molecule has 0 atom stereocenters. The smallest absolute Gasteiger partial charge is 0.283 e. The zero-order valence-corrected chi connectivity index (χ0v) is 12.8. The van der Waals surface area contributed by atoms with E-state index in [1.807, 2.05) is 13.1 Å². The monoisotopic (exact) mass is 340 g/mol. The first kappa shape index (κ1) is 14.0. The Balaban J connectivity index is 2.15. The predicted molar refractivity (Wildman–Crippen MR) is 80.6 cm³/mol. The number of hydrogen-bond acceptors (Lipinski definition) is 5. The van der Waals surface area contributed by atoms with E-state index in [1.54, 1.807) is 23.6 Å². The summed E-state index contributed by atoms with van der Waals surface area (Å²) in [5.74, 6) is 0. The number of nitrogens with one attached hydrogen (secondary N) is 1. The van der Waals surface area contributed by atoms with E-state index in [0.29, 0.717) is 23.2 Å². The largest absolute Gasteiger partial charge is 0.378 e. The number of rotatable bonds is 5. The number of aromatic nitrogens is 3. The van der Waals surface area contributed by atoms with Crippen LogP contribution in [0.3, 0.4) is 0 Å². The third-order valence-corrected chi connectivity index (χ3v) is 4.09. The zero-order valence-electron chi connectivity index (χ0n) is 10.4. The molecule has 2 aromatic rings. The highest BCUT2D eigenvalue weighted by molar-refractivity contribution is 9.10. The van der Waals surface area contributed by atoms with Crippen molar-refractivity contribution in [3.05, 3.63) is 49.8 Å². The molecule has 7 heteroatoms. The molecule has 0 bridgehead atoms. The molecule has 100 valence electrons. The molecule has 0 unspecified atom stereocenters. The Kier molecular flexibility index (Phi) is 4.49. The van der Waals surface area contributed by atoms with Gasteiger partial charge < -0.3 is 5.32 Å². The fraction of sp³-hybridized carbons (Fsp3) is 0.250. The summed E-state index contributed by atoms with van der Waals surface area (Å²) in [4.78, 5) is 17.2. The second-order valence-electron chi connectivity index (χ2n) is 3.85. The average Bonchev–Trinajstić information content (AvgIpc) is 2.80. The molecule has 2 aromatic heterocycles. The van der Waals surface area contributed by atoms with Gasteiger partial charge in [-0.05, 0) is 22.9 Å². The van der Waals surface area contributed by atoms with E-state index >= 15 is 0 Å². The number of nitrogens with zero attached hydrogens (tertiary/aromatic N) is 3. The zero-order chi connectivity index (χ0) is 13.8. The number of halogens is 1. The fourth-order valence-corrected chi connectivity index (χ4v) is 2.69. The second-order valence-corrected chi connectivity index (χ2v) is 5.96. The molecule has 0 fully saturated rings. The lowest BCUT2D eigenvalue weighted by molar-refractivity contribution is 0.649. The van der Waals surface area contributed by atoms with Crippen LogP contribution in [-0.2, 0) is 13.1 Å². The number of anilines is 1. The molecule has 0 aliphatic rings. The molecule has 0 saturated carbocycles. The highest BCUT2D eigenvalue weighted by Gasteiger charge is 2.08. The van der Waals surface area contributed by atoms with Crippen LogP contribution in [0.5, 0.6) is 0 Å². The normalized spacial score (nSPS) is 10.4. The minimum Gasteiger partial charge on any atom is -0.378 e. The van der Waals surface area contributed by atoms with Gasteiger partial charge >= 0.3 is 0 Å². The maximum atomic E-state index is 12.0. The van der Waals surface area contributed by atoms with Crippen molar-refractivity contribution in [1.29, 1.82) is 0 Å². The Labute approximate surface area is 123 Å². The van der Waals surface area contributed by atoms with E-state index in [9.17, 15) is 4.79 Å².